The van der Waals surface area contributed by atoms with E-state index in [4.69, 9.17) is 0 Å². The number of hydrogen-bond acceptors (Lipinski definition) is 2. The average Bonchev–Trinajstić information content (AvgIpc) is 2.43. The van der Waals surface area contributed by atoms with E-state index in [0.29, 0.717) is 0 Å². The van der Waals surface area contributed by atoms with Crippen LogP contribution < -0.4 is 0 Å². The summed E-state index contributed by atoms with van der Waals surface area (Å²) < 4.78 is 9.22. The second kappa shape index (κ2) is 4.11. The Hall–Kier alpha value is 0.137. The van der Waals surface area contributed by atoms with E-state index in [9.17, 15) is 0 Å². The first kappa shape index (κ1) is 8.24. The molecule has 0 N–H and O–H groups in total. The summed E-state index contributed by atoms with van der Waals surface area (Å²) in [6.07, 6.45) is 4.70. The molecule has 2 aliphatic carbocycles. The van der Waals surface area contributed by atoms with Crippen LogP contribution in [0.25, 0.3) is 0 Å². The van der Waals surface area contributed by atoms with Crippen molar-refractivity contribution in [3.8, 4) is 0 Å². The second-order valence-electron chi connectivity index (χ2n) is 3.03. The van der Waals surface area contributed by atoms with Gasteiger partial charge in [0.2, 0.25) is 0 Å². The first-order valence-electron chi connectivity index (χ1n) is 3.86. The molecule has 2 rings (SSSR count). The standard InChI is InChI=1S/C5H8.C2H8O2Si/c1-2-5-3-4(1)5;1-3-5-4-2/h4-5H,1-3H2;5H2,1-2H3. The quantitative estimate of drug-likeness (QED) is 0.553. The molecule has 0 saturated heterocycles. The Bertz CT molecular complexity index is 83.6. The van der Waals surface area contributed by atoms with Crippen molar-refractivity contribution in [2.45, 2.75) is 19.3 Å². The normalized spacial score (nSPS) is 33.0. The molecule has 3 heteroatoms. The van der Waals surface area contributed by atoms with Crippen LogP contribution in [0, 0.1) is 11.8 Å². The van der Waals surface area contributed by atoms with E-state index in [1.165, 1.54) is 11.8 Å². The second-order valence-corrected chi connectivity index (χ2v) is 4.42. The molecule has 0 spiro atoms. The monoisotopic (exact) mass is 160 g/mol. The van der Waals surface area contributed by atoms with Crippen molar-refractivity contribution in [1.29, 1.82) is 0 Å². The van der Waals surface area contributed by atoms with Crippen molar-refractivity contribution in [2.75, 3.05) is 14.2 Å². The molecule has 2 saturated carbocycles. The Morgan fingerprint density at radius 3 is 1.60 bits per heavy atom. The van der Waals surface area contributed by atoms with Gasteiger partial charge in [-0.3, -0.25) is 0 Å². The number of rotatable bonds is 2. The molecule has 0 radical (unpaired) electrons. The predicted octanol–water partition coefficient (Wildman–Crippen LogP) is 0.694. The third-order valence-electron chi connectivity index (χ3n) is 2.21. The number of fused-ring (bicyclic) bond motifs is 1. The zero-order chi connectivity index (χ0) is 7.40. The van der Waals surface area contributed by atoms with Gasteiger partial charge in [-0.2, -0.15) is 0 Å². The van der Waals surface area contributed by atoms with E-state index in [-0.39, 0.29) is 0 Å². The molecule has 2 atom stereocenters. The maximum absolute atomic E-state index is 4.61. The zero-order valence-corrected chi connectivity index (χ0v) is 8.21. The Morgan fingerprint density at radius 2 is 1.60 bits per heavy atom. The molecule has 60 valence electrons. The zero-order valence-electron chi connectivity index (χ0n) is 6.80. The maximum Gasteiger partial charge on any atom is 0.303 e. The van der Waals surface area contributed by atoms with Crippen LogP contribution in [-0.2, 0) is 8.85 Å². The summed E-state index contributed by atoms with van der Waals surface area (Å²) >= 11 is 0. The lowest BCUT2D eigenvalue weighted by atomic mass is 10.0. The summed E-state index contributed by atoms with van der Waals surface area (Å²) in [5, 5.41) is 0. The highest BCUT2D eigenvalue weighted by Gasteiger charge is 2.44. The van der Waals surface area contributed by atoms with Crippen LogP contribution in [0.15, 0.2) is 0 Å². The fourth-order valence-electron chi connectivity index (χ4n) is 1.30. The van der Waals surface area contributed by atoms with Gasteiger partial charge in [-0.15, -0.1) is 0 Å². The first-order valence-corrected chi connectivity index (χ1v) is 5.01. The van der Waals surface area contributed by atoms with Crippen LogP contribution in [0.1, 0.15) is 19.3 Å². The van der Waals surface area contributed by atoms with Crippen LogP contribution in [0.5, 0.6) is 0 Å². The minimum atomic E-state index is -0.568. The fourth-order valence-corrected chi connectivity index (χ4v) is 1.54. The molecular formula is C7H16O2Si. The van der Waals surface area contributed by atoms with Gasteiger partial charge in [0, 0.05) is 14.2 Å². The van der Waals surface area contributed by atoms with Gasteiger partial charge >= 0.3 is 10.0 Å². The molecule has 2 fully saturated rings. The molecule has 0 bridgehead atoms. The topological polar surface area (TPSA) is 18.5 Å². The van der Waals surface area contributed by atoms with Gasteiger partial charge in [0.05, 0.1) is 0 Å². The predicted molar refractivity (Wildman–Crippen MR) is 43.4 cm³/mol. The average molecular weight is 160 g/mol. The molecule has 0 aromatic carbocycles. The van der Waals surface area contributed by atoms with Gasteiger partial charge in [0.1, 0.15) is 0 Å². The van der Waals surface area contributed by atoms with Crippen LogP contribution >= 0.6 is 0 Å². The molecule has 0 aliphatic heterocycles. The van der Waals surface area contributed by atoms with Gasteiger partial charge in [-0.25, -0.2) is 0 Å². The lowest BCUT2D eigenvalue weighted by Crippen LogP contribution is -1.93. The molecule has 0 heterocycles. The Labute approximate surface area is 65.0 Å². The van der Waals surface area contributed by atoms with Crippen LogP contribution in [0.4, 0.5) is 0 Å². The molecule has 2 aliphatic rings. The van der Waals surface area contributed by atoms with Crippen molar-refractivity contribution >= 4 is 10.0 Å². The largest absolute Gasteiger partial charge is 0.402 e. The summed E-state index contributed by atoms with van der Waals surface area (Å²) in [5.41, 5.74) is 0. The molecule has 0 aromatic heterocycles. The summed E-state index contributed by atoms with van der Waals surface area (Å²) in [5.74, 6) is 2.46. The van der Waals surface area contributed by atoms with Crippen molar-refractivity contribution in [3.05, 3.63) is 0 Å². The van der Waals surface area contributed by atoms with Crippen LogP contribution in [-0.4, -0.2) is 24.2 Å². The Kier molecular flexibility index (Phi) is 3.38. The van der Waals surface area contributed by atoms with Crippen molar-refractivity contribution in [3.63, 3.8) is 0 Å². The summed E-state index contributed by atoms with van der Waals surface area (Å²) in [6.45, 7) is 0. The fraction of sp³-hybridized carbons (Fsp3) is 1.00. The highest BCUT2D eigenvalue weighted by molar-refractivity contribution is 6.17. The van der Waals surface area contributed by atoms with Gasteiger partial charge in [0.15, 0.2) is 0 Å². The maximum atomic E-state index is 4.61. The lowest BCUT2D eigenvalue weighted by Gasteiger charge is -2.04. The molecule has 2 unspecified atom stereocenters. The Balaban J connectivity index is 0.0000001000. The molecule has 0 amide bonds. The van der Waals surface area contributed by atoms with E-state index >= 15 is 0 Å². The van der Waals surface area contributed by atoms with Gasteiger partial charge < -0.3 is 8.85 Å². The van der Waals surface area contributed by atoms with Gasteiger partial charge in [-0.05, 0) is 31.1 Å². The van der Waals surface area contributed by atoms with Crippen molar-refractivity contribution in [2.24, 2.45) is 11.8 Å². The van der Waals surface area contributed by atoms with E-state index in [1.807, 2.05) is 0 Å². The van der Waals surface area contributed by atoms with E-state index in [2.05, 4.69) is 8.85 Å². The van der Waals surface area contributed by atoms with Crippen LogP contribution in [0.3, 0.4) is 0 Å². The van der Waals surface area contributed by atoms with Gasteiger partial charge in [-0.1, -0.05) is 0 Å². The SMILES string of the molecule is C1CC2CC12.CO[SiH2]OC. The summed E-state index contributed by atoms with van der Waals surface area (Å²) in [6, 6.07) is 0. The Morgan fingerprint density at radius 1 is 1.10 bits per heavy atom. The van der Waals surface area contributed by atoms with E-state index in [0.717, 1.165) is 0 Å². The highest BCUT2D eigenvalue weighted by atomic mass is 28.3. The molecule has 0 aromatic rings. The molecular weight excluding hydrogens is 144 g/mol. The summed E-state index contributed by atoms with van der Waals surface area (Å²) in [7, 11) is 2.73. The van der Waals surface area contributed by atoms with Crippen LogP contribution in [0.2, 0.25) is 0 Å². The lowest BCUT2D eigenvalue weighted by molar-refractivity contribution is 0.309. The van der Waals surface area contributed by atoms with E-state index in [1.54, 1.807) is 33.5 Å². The minimum absolute atomic E-state index is 0.568. The van der Waals surface area contributed by atoms with Crippen molar-refractivity contribution in [1.82, 2.24) is 0 Å². The van der Waals surface area contributed by atoms with Gasteiger partial charge in [0.25, 0.3) is 0 Å². The molecule has 2 nitrogen and oxygen atoms in total. The summed E-state index contributed by atoms with van der Waals surface area (Å²) in [4.78, 5) is 0. The minimum Gasteiger partial charge on any atom is -0.402 e. The van der Waals surface area contributed by atoms with Crippen molar-refractivity contribution < 1.29 is 8.85 Å². The molecule has 10 heavy (non-hydrogen) atoms. The number of hydrogen-bond donors (Lipinski definition) is 0. The van der Waals surface area contributed by atoms with E-state index < -0.39 is 10.0 Å². The third-order valence-corrected chi connectivity index (χ3v) is 2.68. The smallest absolute Gasteiger partial charge is 0.303 e. The third kappa shape index (κ3) is 2.40. The highest BCUT2D eigenvalue weighted by Crippen LogP contribution is 2.55. The first-order chi connectivity index (χ1) is 4.88.